The van der Waals surface area contributed by atoms with E-state index in [-0.39, 0.29) is 18.1 Å². The summed E-state index contributed by atoms with van der Waals surface area (Å²) in [5.74, 6) is -0.777. The average Bonchev–Trinajstić information content (AvgIpc) is 2.49. The molecule has 0 saturated carbocycles. The van der Waals surface area contributed by atoms with Gasteiger partial charge >= 0.3 is 11.9 Å². The van der Waals surface area contributed by atoms with Gasteiger partial charge in [-0.1, -0.05) is 0 Å². The SMILES string of the molecule is NC(N)=[NH+]CCCCOC(=O)c1cc([N+](=O)[O-])cc([N+](=O)[O-])c1. The average molecular weight is 326 g/mol. The maximum Gasteiger partial charge on any atom is 0.338 e. The lowest BCUT2D eigenvalue weighted by atomic mass is 10.2. The highest BCUT2D eigenvalue weighted by Crippen LogP contribution is 2.23. The first-order chi connectivity index (χ1) is 10.8. The number of ether oxygens (including phenoxy) is 1. The molecule has 0 fully saturated rings. The fraction of sp³-hybridized carbons (Fsp3) is 0.333. The van der Waals surface area contributed by atoms with E-state index in [2.05, 4.69) is 4.99 Å². The quantitative estimate of drug-likeness (QED) is 0.133. The molecule has 0 heterocycles. The summed E-state index contributed by atoms with van der Waals surface area (Å²) < 4.78 is 4.92. The zero-order valence-electron chi connectivity index (χ0n) is 12.1. The van der Waals surface area contributed by atoms with E-state index in [1.807, 2.05) is 0 Å². The number of unbranched alkanes of at least 4 members (excludes halogenated alkanes) is 1. The molecule has 0 radical (unpaired) electrons. The van der Waals surface area contributed by atoms with Crippen molar-refractivity contribution in [2.24, 2.45) is 11.5 Å². The van der Waals surface area contributed by atoms with E-state index in [0.717, 1.165) is 18.2 Å². The number of rotatable bonds is 8. The van der Waals surface area contributed by atoms with Gasteiger partial charge in [0.25, 0.3) is 11.4 Å². The Morgan fingerprint density at radius 1 is 1.09 bits per heavy atom. The molecular weight excluding hydrogens is 310 g/mol. The number of carbonyl (C=O) groups excluding carboxylic acids is 1. The van der Waals surface area contributed by atoms with Crippen LogP contribution >= 0.6 is 0 Å². The Hall–Kier alpha value is -3.24. The molecule has 0 aliphatic carbocycles. The van der Waals surface area contributed by atoms with Crippen molar-refractivity contribution in [2.75, 3.05) is 13.2 Å². The minimum atomic E-state index is -0.866. The molecule has 0 atom stereocenters. The Bertz CT molecular complexity index is 609. The van der Waals surface area contributed by atoms with Crippen molar-refractivity contribution in [2.45, 2.75) is 12.8 Å². The monoisotopic (exact) mass is 326 g/mol. The highest BCUT2D eigenvalue weighted by molar-refractivity contribution is 5.91. The van der Waals surface area contributed by atoms with Gasteiger partial charge in [-0.05, 0) is 12.8 Å². The maximum atomic E-state index is 11.8. The first-order valence-corrected chi connectivity index (χ1v) is 6.54. The van der Waals surface area contributed by atoms with Gasteiger partial charge in [0.1, 0.15) is 0 Å². The molecule has 23 heavy (non-hydrogen) atoms. The predicted molar refractivity (Wildman–Crippen MR) is 78.5 cm³/mol. The number of hydrogen-bond donors (Lipinski definition) is 3. The van der Waals surface area contributed by atoms with Gasteiger partial charge < -0.3 is 4.74 Å². The number of esters is 1. The number of benzene rings is 1. The fourth-order valence-corrected chi connectivity index (χ4v) is 1.63. The number of nitrogens with two attached hydrogens (primary N) is 2. The Morgan fingerprint density at radius 2 is 1.65 bits per heavy atom. The first-order valence-electron chi connectivity index (χ1n) is 6.54. The van der Waals surface area contributed by atoms with Crippen LogP contribution in [-0.2, 0) is 4.74 Å². The summed E-state index contributed by atoms with van der Waals surface area (Å²) >= 11 is 0. The van der Waals surface area contributed by atoms with E-state index < -0.39 is 27.2 Å². The second-order valence-corrected chi connectivity index (χ2v) is 4.48. The lowest BCUT2D eigenvalue weighted by Gasteiger charge is -2.04. The number of hydrogen-bond acceptors (Lipinski definition) is 6. The summed E-state index contributed by atoms with van der Waals surface area (Å²) in [4.78, 5) is 34.3. The number of guanidine groups is 1. The molecule has 0 aliphatic rings. The van der Waals surface area contributed by atoms with E-state index in [4.69, 9.17) is 16.2 Å². The van der Waals surface area contributed by atoms with Gasteiger partial charge in [0.05, 0.1) is 34.6 Å². The third kappa shape index (κ3) is 5.95. The van der Waals surface area contributed by atoms with Crippen molar-refractivity contribution in [3.63, 3.8) is 0 Å². The molecule has 0 aliphatic heterocycles. The number of nitrogens with zero attached hydrogens (tertiary/aromatic N) is 2. The Balaban J connectivity index is 2.66. The molecule has 0 amide bonds. The summed E-state index contributed by atoms with van der Waals surface area (Å²) in [7, 11) is 0. The van der Waals surface area contributed by atoms with E-state index in [0.29, 0.717) is 19.4 Å². The summed E-state index contributed by atoms with van der Waals surface area (Å²) in [5, 5.41) is 21.5. The van der Waals surface area contributed by atoms with Crippen molar-refractivity contribution < 1.29 is 24.4 Å². The lowest BCUT2D eigenvalue weighted by molar-refractivity contribution is -0.459. The summed E-state index contributed by atoms with van der Waals surface area (Å²) in [6, 6.07) is 2.64. The second kappa shape index (κ2) is 8.26. The van der Waals surface area contributed by atoms with Crippen LogP contribution in [0.1, 0.15) is 23.2 Å². The molecule has 0 bridgehead atoms. The van der Waals surface area contributed by atoms with Crippen molar-refractivity contribution in [1.29, 1.82) is 0 Å². The Morgan fingerprint density at radius 3 is 2.13 bits per heavy atom. The molecule has 0 saturated heterocycles. The summed E-state index contributed by atoms with van der Waals surface area (Å²) in [6.07, 6.45) is 1.13. The first kappa shape index (κ1) is 17.8. The lowest BCUT2D eigenvalue weighted by Crippen LogP contribution is -2.78. The Kier molecular flexibility index (Phi) is 6.40. The molecule has 1 rings (SSSR count). The molecule has 0 spiro atoms. The number of carbonyl (C=O) groups is 1. The molecule has 124 valence electrons. The van der Waals surface area contributed by atoms with Crippen molar-refractivity contribution >= 4 is 23.3 Å². The topological polar surface area (TPSA) is 179 Å². The molecule has 1 aromatic carbocycles. The summed E-state index contributed by atoms with van der Waals surface area (Å²) in [5.41, 5.74) is 9.04. The minimum Gasteiger partial charge on any atom is -0.462 e. The van der Waals surface area contributed by atoms with Gasteiger partial charge in [-0.3, -0.25) is 36.7 Å². The van der Waals surface area contributed by atoms with E-state index in [9.17, 15) is 25.0 Å². The standard InChI is InChI=1S/C12H15N5O6/c13-12(14)15-3-1-2-4-23-11(18)8-5-9(16(19)20)7-10(6-8)17(21)22/h5-7H,1-4H2,(H4,13,14,15)/p+1. The summed E-state index contributed by atoms with van der Waals surface area (Å²) in [6.45, 7) is 0.559. The van der Waals surface area contributed by atoms with Gasteiger partial charge in [0.15, 0.2) is 0 Å². The molecule has 11 heteroatoms. The Labute approximate surface area is 130 Å². The number of non-ortho nitro benzene ring substituents is 2. The third-order valence-corrected chi connectivity index (χ3v) is 2.69. The van der Waals surface area contributed by atoms with Crippen LogP contribution in [0.15, 0.2) is 18.2 Å². The van der Waals surface area contributed by atoms with E-state index >= 15 is 0 Å². The smallest absolute Gasteiger partial charge is 0.338 e. The van der Waals surface area contributed by atoms with Crippen LogP contribution in [0.3, 0.4) is 0 Å². The van der Waals surface area contributed by atoms with Gasteiger partial charge in [-0.2, -0.15) is 0 Å². The van der Waals surface area contributed by atoms with E-state index in [1.54, 1.807) is 0 Å². The number of nitro benzene ring substituents is 2. The van der Waals surface area contributed by atoms with Crippen LogP contribution in [0.25, 0.3) is 0 Å². The van der Waals surface area contributed by atoms with Crippen LogP contribution in [0, 0.1) is 20.2 Å². The zero-order chi connectivity index (χ0) is 17.4. The largest absolute Gasteiger partial charge is 0.462 e. The molecule has 1 aromatic rings. The number of nitrogens with one attached hydrogen (secondary N) is 1. The van der Waals surface area contributed by atoms with E-state index in [1.165, 1.54) is 0 Å². The van der Waals surface area contributed by atoms with Crippen LogP contribution in [0.2, 0.25) is 0 Å². The number of nitro groups is 2. The van der Waals surface area contributed by atoms with Gasteiger partial charge in [-0.25, -0.2) is 4.79 Å². The fourth-order valence-electron chi connectivity index (χ4n) is 1.63. The van der Waals surface area contributed by atoms with Crippen LogP contribution in [-0.4, -0.2) is 34.9 Å². The molecule has 11 nitrogen and oxygen atoms in total. The zero-order valence-corrected chi connectivity index (χ0v) is 12.1. The predicted octanol–water partition coefficient (Wildman–Crippen LogP) is -1.21. The molecule has 0 unspecified atom stereocenters. The maximum absolute atomic E-state index is 11.8. The van der Waals surface area contributed by atoms with Gasteiger partial charge in [0.2, 0.25) is 0 Å². The highest BCUT2D eigenvalue weighted by Gasteiger charge is 2.20. The van der Waals surface area contributed by atoms with Crippen molar-refractivity contribution in [1.82, 2.24) is 0 Å². The van der Waals surface area contributed by atoms with Gasteiger partial charge in [-0.15, -0.1) is 0 Å². The van der Waals surface area contributed by atoms with Gasteiger partial charge in [0, 0.05) is 12.1 Å². The molecule has 5 N–H and O–H groups in total. The highest BCUT2D eigenvalue weighted by atomic mass is 16.6. The van der Waals surface area contributed by atoms with Crippen molar-refractivity contribution in [3.05, 3.63) is 44.0 Å². The molecular formula is C12H16N5O6+. The van der Waals surface area contributed by atoms with Crippen LogP contribution in [0.4, 0.5) is 11.4 Å². The van der Waals surface area contributed by atoms with Crippen LogP contribution in [0.5, 0.6) is 0 Å². The van der Waals surface area contributed by atoms with Crippen LogP contribution < -0.4 is 16.5 Å². The second-order valence-electron chi connectivity index (χ2n) is 4.48. The normalized spacial score (nSPS) is 9.91. The van der Waals surface area contributed by atoms with Crippen molar-refractivity contribution in [3.8, 4) is 0 Å². The molecule has 0 aromatic heterocycles. The third-order valence-electron chi connectivity index (χ3n) is 2.69. The minimum absolute atomic E-state index is 0.0570.